The molecule has 0 radical (unpaired) electrons. The van der Waals surface area contributed by atoms with Crippen LogP contribution in [0.3, 0.4) is 0 Å². The van der Waals surface area contributed by atoms with Crippen molar-refractivity contribution in [1.82, 2.24) is 35.3 Å². The molecule has 7 nitrogen and oxygen atoms in total. The molecule has 0 amide bonds. The fourth-order valence-corrected chi connectivity index (χ4v) is 4.53. The fraction of sp³-hybridized carbons (Fsp3) is 0.121. The molecule has 0 aliphatic heterocycles. The van der Waals surface area contributed by atoms with Crippen molar-refractivity contribution in [3.8, 4) is 34.0 Å². The summed E-state index contributed by atoms with van der Waals surface area (Å²) in [6.45, 7) is 6.59. The maximum atomic E-state index is 4.93. The van der Waals surface area contributed by atoms with Crippen LogP contribution in [0.1, 0.15) is 26.3 Å². The molecule has 0 saturated carbocycles. The summed E-state index contributed by atoms with van der Waals surface area (Å²) < 4.78 is 0. The fourth-order valence-electron chi connectivity index (χ4n) is 4.53. The minimum Gasteiger partial charge on any atom is -0.573 e. The van der Waals surface area contributed by atoms with Gasteiger partial charge < -0.3 is 20.4 Å². The van der Waals surface area contributed by atoms with Crippen LogP contribution in [-0.4, -0.2) is 25.1 Å². The van der Waals surface area contributed by atoms with Gasteiger partial charge in [-0.15, -0.1) is 0 Å². The number of nitrogens with zero attached hydrogens (tertiary/aromatic N) is 7. The Bertz CT molecular complexity index is 1890. The second kappa shape index (κ2) is 11.9. The minimum atomic E-state index is 0. The van der Waals surface area contributed by atoms with Crippen LogP contribution in [0.15, 0.2) is 110 Å². The molecule has 2 aromatic carbocycles. The summed E-state index contributed by atoms with van der Waals surface area (Å²) in [4.78, 5) is 13.2. The van der Waals surface area contributed by atoms with Crippen molar-refractivity contribution in [2.24, 2.45) is 0 Å². The third-order valence-corrected chi connectivity index (χ3v) is 6.69. The molecular weight excluding hydrogens is 689 g/mol. The van der Waals surface area contributed by atoms with Crippen LogP contribution < -0.4 is 10.2 Å². The van der Waals surface area contributed by atoms with Crippen molar-refractivity contribution < 1.29 is 21.1 Å². The Morgan fingerprint density at radius 3 is 2.15 bits per heavy atom. The molecule has 0 saturated heterocycles. The maximum Gasteiger partial charge on any atom is 2.00 e. The Kier molecular flexibility index (Phi) is 8.18. The summed E-state index contributed by atoms with van der Waals surface area (Å²) in [5.41, 5.74) is 7.22. The summed E-state index contributed by atoms with van der Waals surface area (Å²) in [6, 6.07) is 28.0. The molecule has 0 spiro atoms. The number of benzene rings is 2. The molecule has 204 valence electrons. The van der Waals surface area contributed by atoms with Gasteiger partial charge in [-0.25, -0.2) is 0 Å². The average molecular weight is 717 g/mol. The molecular formula is C33H27N7Pt. The molecule has 0 N–H and O–H groups in total. The zero-order valence-corrected chi connectivity index (χ0v) is 25.1. The average Bonchev–Trinajstić information content (AvgIpc) is 3.66. The second-order valence-electron chi connectivity index (χ2n) is 10.5. The van der Waals surface area contributed by atoms with Gasteiger partial charge in [0.2, 0.25) is 0 Å². The summed E-state index contributed by atoms with van der Waals surface area (Å²) >= 11 is 0. The summed E-state index contributed by atoms with van der Waals surface area (Å²) in [6.07, 6.45) is 7.25. The molecule has 8 heteroatoms. The van der Waals surface area contributed by atoms with Crippen molar-refractivity contribution in [2.45, 2.75) is 26.2 Å². The molecule has 41 heavy (non-hydrogen) atoms. The smallest absolute Gasteiger partial charge is 0.573 e. The van der Waals surface area contributed by atoms with Gasteiger partial charge in [0.25, 0.3) is 0 Å². The molecule has 0 aliphatic rings. The molecule has 0 fully saturated rings. The van der Waals surface area contributed by atoms with Gasteiger partial charge in [0.15, 0.2) is 0 Å². The Morgan fingerprint density at radius 1 is 0.659 bits per heavy atom. The Morgan fingerprint density at radius 2 is 1.39 bits per heavy atom. The van der Waals surface area contributed by atoms with Crippen molar-refractivity contribution in [1.29, 1.82) is 0 Å². The number of rotatable bonds is 3. The van der Waals surface area contributed by atoms with E-state index in [2.05, 4.69) is 63.3 Å². The van der Waals surface area contributed by atoms with Crippen LogP contribution in [0.25, 0.3) is 55.7 Å². The van der Waals surface area contributed by atoms with Gasteiger partial charge in [-0.1, -0.05) is 80.7 Å². The quantitative estimate of drug-likeness (QED) is 0.197. The topological polar surface area (TPSA) is 92.6 Å². The van der Waals surface area contributed by atoms with Crippen molar-refractivity contribution in [2.75, 3.05) is 0 Å². The Balaban J connectivity index is 0.000000263. The second-order valence-corrected chi connectivity index (χ2v) is 10.5. The summed E-state index contributed by atoms with van der Waals surface area (Å²) in [5.74, 6) is 0. The minimum absolute atomic E-state index is 0. The van der Waals surface area contributed by atoms with E-state index in [9.17, 15) is 0 Å². The normalized spacial score (nSPS) is 11.1. The third kappa shape index (κ3) is 6.00. The van der Waals surface area contributed by atoms with Crippen LogP contribution in [0.5, 0.6) is 0 Å². The van der Waals surface area contributed by atoms with E-state index in [4.69, 9.17) is 4.98 Å². The molecule has 0 atom stereocenters. The first-order chi connectivity index (χ1) is 19.5. The van der Waals surface area contributed by atoms with E-state index in [0.717, 1.165) is 50.0 Å². The number of fused-ring (bicyclic) bond motifs is 2. The van der Waals surface area contributed by atoms with Crippen LogP contribution in [0.4, 0.5) is 0 Å². The largest absolute Gasteiger partial charge is 2.00 e. The van der Waals surface area contributed by atoms with Gasteiger partial charge in [0.1, 0.15) is 0 Å². The predicted octanol–water partition coefficient (Wildman–Crippen LogP) is 6.87. The molecule has 7 rings (SSSR count). The van der Waals surface area contributed by atoms with Gasteiger partial charge in [0.05, 0.1) is 11.4 Å². The van der Waals surface area contributed by atoms with Gasteiger partial charge in [0, 0.05) is 41.4 Å². The number of hydrogen-bond donors (Lipinski definition) is 0. The summed E-state index contributed by atoms with van der Waals surface area (Å²) in [5, 5.41) is 20.4. The Hall–Kier alpha value is -4.48. The standard InChI is InChI=1S/C24H14N6.C9H13N.Pt/c1-2-6-15(7-3-1)20-13-22(29-28-20)23-18-14-25-11-10-16(18)12-21(26-23)24-17-8-4-5-9-19(17)27-30-24;1-9(2,3)8-4-6-10-7-5-8;/h1-14H;4-7H,1-3H3;/q-2;;+2. The summed E-state index contributed by atoms with van der Waals surface area (Å²) in [7, 11) is 0. The van der Waals surface area contributed by atoms with Crippen LogP contribution >= 0.6 is 0 Å². The van der Waals surface area contributed by atoms with Gasteiger partial charge in [-0.05, 0) is 63.7 Å². The van der Waals surface area contributed by atoms with Crippen LogP contribution in [0.2, 0.25) is 0 Å². The molecule has 7 aromatic rings. The molecule has 5 heterocycles. The van der Waals surface area contributed by atoms with Crippen LogP contribution in [-0.2, 0) is 26.5 Å². The zero-order valence-electron chi connectivity index (χ0n) is 22.8. The number of hydrogen-bond acceptors (Lipinski definition) is 5. The SMILES string of the molecule is CC(C)(C)c1ccncc1.[Pt+2].c1ccc(-c2cc(-c3nc(-c4[n-]nc5ccccc45)cc4ccncc34)[n-]n2)cc1. The zero-order chi connectivity index (χ0) is 27.5. The van der Waals surface area contributed by atoms with E-state index >= 15 is 0 Å². The van der Waals surface area contributed by atoms with E-state index in [-0.39, 0.29) is 26.5 Å². The molecule has 0 unspecified atom stereocenters. The van der Waals surface area contributed by atoms with Gasteiger partial charge in [-0.3, -0.25) is 15.0 Å². The first kappa shape index (κ1) is 28.1. The van der Waals surface area contributed by atoms with Gasteiger partial charge in [-0.2, -0.15) is 0 Å². The van der Waals surface area contributed by atoms with Crippen LogP contribution in [0, 0.1) is 0 Å². The van der Waals surface area contributed by atoms with Crippen molar-refractivity contribution in [3.05, 3.63) is 115 Å². The van der Waals surface area contributed by atoms with E-state index < -0.39 is 0 Å². The Labute approximate surface area is 252 Å². The maximum absolute atomic E-state index is 4.93. The third-order valence-electron chi connectivity index (χ3n) is 6.69. The van der Waals surface area contributed by atoms with E-state index in [1.54, 1.807) is 6.20 Å². The monoisotopic (exact) mass is 716 g/mol. The molecule has 0 bridgehead atoms. The first-order valence-electron chi connectivity index (χ1n) is 13.1. The molecule has 5 aromatic heterocycles. The first-order valence-corrected chi connectivity index (χ1v) is 13.1. The van der Waals surface area contributed by atoms with Gasteiger partial charge >= 0.3 is 21.1 Å². The predicted molar refractivity (Wildman–Crippen MR) is 159 cm³/mol. The number of pyridine rings is 3. The molecule has 0 aliphatic carbocycles. The van der Waals surface area contributed by atoms with E-state index in [1.807, 2.05) is 91.4 Å². The van der Waals surface area contributed by atoms with E-state index in [0.29, 0.717) is 5.69 Å². The van der Waals surface area contributed by atoms with Crippen molar-refractivity contribution in [3.63, 3.8) is 0 Å². The van der Waals surface area contributed by atoms with E-state index in [1.165, 1.54) is 5.56 Å². The number of aromatic nitrogens is 7. The van der Waals surface area contributed by atoms with Crippen molar-refractivity contribution >= 4 is 21.7 Å².